The first kappa shape index (κ1) is 42.5. The summed E-state index contributed by atoms with van der Waals surface area (Å²) in [7, 11) is 0. The summed E-state index contributed by atoms with van der Waals surface area (Å²) in [6.45, 7) is 24.2. The third kappa shape index (κ3) is 9.84. The third-order valence-electron chi connectivity index (χ3n) is 9.39. The van der Waals surface area contributed by atoms with Gasteiger partial charge in [0.1, 0.15) is 0 Å². The average molecular weight is 973 g/mol. The normalized spacial score (nSPS) is 12.5. The van der Waals surface area contributed by atoms with E-state index in [9.17, 15) is 0 Å². The molecule has 1 radical (unpaired) electrons. The van der Waals surface area contributed by atoms with Gasteiger partial charge in [-0.2, -0.15) is 0 Å². The van der Waals surface area contributed by atoms with Crippen LogP contribution in [0.25, 0.3) is 55.7 Å². The zero-order chi connectivity index (χ0) is 39.4. The van der Waals surface area contributed by atoms with Crippen LogP contribution in [0.2, 0.25) is 17.3 Å². The maximum Gasteiger partial charge on any atom is 0.216 e. The van der Waals surface area contributed by atoms with Crippen LogP contribution in [0.1, 0.15) is 85.0 Å². The molecule has 0 aliphatic heterocycles. The zero-order valence-corrected chi connectivity index (χ0v) is 39.7. The molecule has 0 aliphatic rings. The Morgan fingerprint density at radius 1 is 0.764 bits per heavy atom. The molecule has 7 rings (SSSR count). The van der Waals surface area contributed by atoms with Gasteiger partial charge in [0, 0.05) is 42.4 Å². The molecule has 0 saturated carbocycles. The van der Waals surface area contributed by atoms with Crippen molar-refractivity contribution >= 4 is 50.8 Å². The fourth-order valence-electron chi connectivity index (χ4n) is 7.27. The van der Waals surface area contributed by atoms with Gasteiger partial charge < -0.3 is 8.98 Å². The van der Waals surface area contributed by atoms with E-state index in [4.69, 9.17) is 24.4 Å². The molecular weight excluding hydrogens is 915 g/mol. The summed E-state index contributed by atoms with van der Waals surface area (Å²) in [6.07, 6.45) is 4.14. The van der Waals surface area contributed by atoms with Gasteiger partial charge in [-0.15, -0.1) is 23.8 Å². The van der Waals surface area contributed by atoms with E-state index >= 15 is 0 Å². The van der Waals surface area contributed by atoms with Crippen molar-refractivity contribution in [2.75, 3.05) is 0 Å². The summed E-state index contributed by atoms with van der Waals surface area (Å²) < 4.78 is 9.92. The van der Waals surface area contributed by atoms with Gasteiger partial charge in [0.15, 0.2) is 0 Å². The molecule has 0 atom stereocenters. The Bertz CT molecular complexity index is 2450. The molecule has 55 heavy (non-hydrogen) atoms. The van der Waals surface area contributed by atoms with Crippen LogP contribution in [0.5, 0.6) is 0 Å². The van der Waals surface area contributed by atoms with Crippen molar-refractivity contribution in [1.29, 1.82) is 0 Å². The fraction of sp³-hybridized carbons (Fsp3) is 0.404. The summed E-state index contributed by atoms with van der Waals surface area (Å²) in [5.41, 5.74) is 11.4. The molecule has 291 valence electrons. The van der Waals surface area contributed by atoms with Gasteiger partial charge in [-0.25, -0.2) is 4.98 Å². The van der Waals surface area contributed by atoms with E-state index in [0.29, 0.717) is 11.1 Å². The number of nitrogens with zero attached hydrogens (tertiary/aromatic N) is 5. The van der Waals surface area contributed by atoms with Crippen molar-refractivity contribution in [3.63, 3.8) is 0 Å². The summed E-state index contributed by atoms with van der Waals surface area (Å²) in [5, 5.41) is 2.05. The number of benzene rings is 2. The third-order valence-corrected chi connectivity index (χ3v) is 13.7. The first-order chi connectivity index (χ1) is 25.1. The SMILES string of the molecule is CC(C)(C)Cc1cc(-c2[c-]cccc2)nc[c]1[Ge]([CH3])([CH3])[CH3].Cc1cc2nc(-c3[c-]cc4oc5nc(CC(C)(C)C)ccc5c4c3)n(C(C)(C)C)c2c(C)n1.[Ir]. The summed E-state index contributed by atoms with van der Waals surface area (Å²) in [5.74, 6) is 8.22. The van der Waals surface area contributed by atoms with Crippen molar-refractivity contribution in [1.82, 2.24) is 24.5 Å². The summed E-state index contributed by atoms with van der Waals surface area (Å²) >= 11 is -1.90. The maximum absolute atomic E-state index is 6.11. The van der Waals surface area contributed by atoms with Crippen LogP contribution in [0.4, 0.5) is 0 Å². The molecule has 8 heteroatoms. The van der Waals surface area contributed by atoms with E-state index in [1.54, 1.807) is 0 Å². The number of fused-ring (bicyclic) bond motifs is 4. The summed E-state index contributed by atoms with van der Waals surface area (Å²) in [6, 6.07) is 27.4. The van der Waals surface area contributed by atoms with Crippen LogP contribution >= 0.6 is 0 Å². The minimum absolute atomic E-state index is 0. The largest absolute Gasteiger partial charge is 0.486 e. The topological polar surface area (TPSA) is 69.6 Å². The van der Waals surface area contributed by atoms with Crippen molar-refractivity contribution in [2.45, 2.75) is 112 Å². The molecule has 0 bridgehead atoms. The molecular formula is C47H57GeIrN5O-2. The Hall–Kier alpha value is -3.65. The van der Waals surface area contributed by atoms with Crippen LogP contribution < -0.4 is 4.40 Å². The van der Waals surface area contributed by atoms with Crippen LogP contribution in [0, 0.1) is 36.8 Å². The van der Waals surface area contributed by atoms with Gasteiger partial charge in [-0.05, 0) is 64.7 Å². The molecule has 0 spiro atoms. The first-order valence-electron chi connectivity index (χ1n) is 19.2. The van der Waals surface area contributed by atoms with E-state index in [-0.39, 0.29) is 31.1 Å². The Labute approximate surface area is 344 Å². The van der Waals surface area contributed by atoms with Crippen molar-refractivity contribution in [2.24, 2.45) is 10.8 Å². The molecule has 0 fully saturated rings. The van der Waals surface area contributed by atoms with E-state index in [2.05, 4.69) is 146 Å². The number of imidazole rings is 1. The Balaban J connectivity index is 0.000000229. The van der Waals surface area contributed by atoms with Gasteiger partial charge >= 0.3 is 132 Å². The fourth-order valence-corrected chi connectivity index (χ4v) is 10.6. The van der Waals surface area contributed by atoms with E-state index in [0.717, 1.165) is 80.0 Å². The van der Waals surface area contributed by atoms with Crippen LogP contribution in [0.3, 0.4) is 0 Å². The van der Waals surface area contributed by atoms with E-state index in [1.807, 2.05) is 31.2 Å². The van der Waals surface area contributed by atoms with Crippen LogP contribution in [-0.2, 0) is 38.5 Å². The van der Waals surface area contributed by atoms with Gasteiger partial charge in [-0.3, -0.25) is 9.97 Å². The predicted octanol–water partition coefficient (Wildman–Crippen LogP) is 11.8. The number of aryl methyl sites for hydroxylation is 2. The Kier molecular flexibility index (Phi) is 12.1. The van der Waals surface area contributed by atoms with Gasteiger partial charge in [0.25, 0.3) is 0 Å². The van der Waals surface area contributed by atoms with Gasteiger partial charge in [0.05, 0.1) is 28.1 Å². The smallest absolute Gasteiger partial charge is 0.216 e. The number of hydrogen-bond acceptors (Lipinski definition) is 5. The summed E-state index contributed by atoms with van der Waals surface area (Å²) in [4.78, 5) is 19.3. The number of pyridine rings is 3. The van der Waals surface area contributed by atoms with Crippen LogP contribution in [-0.4, -0.2) is 37.8 Å². The average Bonchev–Trinajstić information content (AvgIpc) is 3.62. The van der Waals surface area contributed by atoms with E-state index in [1.165, 1.54) is 9.96 Å². The molecule has 2 aromatic carbocycles. The quantitative estimate of drug-likeness (QED) is 0.127. The molecule has 7 aromatic rings. The molecule has 6 nitrogen and oxygen atoms in total. The van der Waals surface area contributed by atoms with E-state index < -0.39 is 13.3 Å². The minimum Gasteiger partial charge on any atom is -0.486 e. The Morgan fingerprint density at radius 2 is 1.47 bits per heavy atom. The minimum atomic E-state index is -1.90. The molecule has 0 aliphatic carbocycles. The first-order valence-corrected chi connectivity index (χ1v) is 26.5. The second-order valence-electron chi connectivity index (χ2n) is 19.3. The van der Waals surface area contributed by atoms with Crippen molar-refractivity contribution < 1.29 is 24.5 Å². The molecule has 5 heterocycles. The molecule has 0 saturated heterocycles. The second kappa shape index (κ2) is 15.7. The number of aromatic nitrogens is 5. The predicted molar refractivity (Wildman–Crippen MR) is 229 cm³/mol. The number of furan rings is 1. The molecule has 0 N–H and O–H groups in total. The van der Waals surface area contributed by atoms with Crippen molar-refractivity contribution in [3.8, 4) is 22.6 Å². The van der Waals surface area contributed by atoms with Crippen molar-refractivity contribution in [3.05, 3.63) is 102 Å². The maximum atomic E-state index is 6.11. The molecule has 5 aromatic heterocycles. The second-order valence-corrected chi connectivity index (χ2v) is 29.8. The molecule has 0 amide bonds. The number of rotatable bonds is 5. The monoisotopic (exact) mass is 974 g/mol. The van der Waals surface area contributed by atoms with Gasteiger partial charge in [0.2, 0.25) is 5.71 Å². The van der Waals surface area contributed by atoms with Crippen LogP contribution in [0.15, 0.2) is 71.3 Å². The number of hydrogen-bond donors (Lipinski definition) is 0. The molecule has 0 unspecified atom stereocenters. The standard InChI is InChI=1S/C28H31N4O.C19H26GeN.Ir/c1-16-13-22-24(17(2)29-16)32(28(6,7)8)25(31-22)18-9-12-23-21(14-18)20-11-10-19(15-27(3,4)5)30-26(20)33-23;1-19(2,3)13-16-12-18(15-10-8-7-9-11-15)21-14-17(16)20(4,5)6;/h10-14H,15H2,1-8H3;7-10,12,14H,13H2,1-6H3;/q2*-1;. The van der Waals surface area contributed by atoms with Gasteiger partial charge in [-0.1, -0.05) is 26.2 Å². The Morgan fingerprint density at radius 3 is 2.09 bits per heavy atom. The zero-order valence-electron chi connectivity index (χ0n) is 35.2.